The molecule has 1 fully saturated rings. The van der Waals surface area contributed by atoms with Crippen LogP contribution in [0, 0.1) is 5.92 Å². The maximum atomic E-state index is 12.4. The molecule has 1 aliphatic heterocycles. The zero-order valence-corrected chi connectivity index (χ0v) is 15.3. The Morgan fingerprint density at radius 2 is 2.12 bits per heavy atom. The first-order chi connectivity index (χ1) is 12.2. The first-order valence-electron chi connectivity index (χ1n) is 9.22. The summed E-state index contributed by atoms with van der Waals surface area (Å²) in [5.74, 6) is 1.02. The number of nitrogens with zero attached hydrogens (tertiary/aromatic N) is 4. The number of piperidine rings is 1. The molecule has 1 aromatic heterocycles. The number of anilines is 1. The van der Waals surface area contributed by atoms with Crippen LogP contribution in [0.1, 0.15) is 39.5 Å². The molecule has 0 bridgehead atoms. The van der Waals surface area contributed by atoms with Gasteiger partial charge in [-0.1, -0.05) is 0 Å². The zero-order valence-electron chi connectivity index (χ0n) is 15.3. The molecule has 0 radical (unpaired) electrons. The van der Waals surface area contributed by atoms with E-state index in [4.69, 9.17) is 0 Å². The Hall–Kier alpha value is -2.18. The van der Waals surface area contributed by atoms with E-state index in [1.54, 1.807) is 18.6 Å². The highest BCUT2D eigenvalue weighted by molar-refractivity contribution is 5.79. The molecule has 7 heteroatoms. The lowest BCUT2D eigenvalue weighted by Crippen LogP contribution is -2.43. The van der Waals surface area contributed by atoms with Crippen molar-refractivity contribution in [2.45, 2.75) is 39.5 Å². The molecule has 25 heavy (non-hydrogen) atoms. The smallest absolute Gasteiger partial charge is 0.224 e. The molecule has 0 spiro atoms. The van der Waals surface area contributed by atoms with Crippen molar-refractivity contribution in [3.8, 4) is 0 Å². The van der Waals surface area contributed by atoms with Crippen molar-refractivity contribution >= 4 is 17.6 Å². The third kappa shape index (κ3) is 5.69. The maximum Gasteiger partial charge on any atom is 0.224 e. The summed E-state index contributed by atoms with van der Waals surface area (Å²) in [6, 6.07) is 0. The average molecular weight is 347 g/mol. The van der Waals surface area contributed by atoms with Gasteiger partial charge < -0.3 is 15.1 Å². The Morgan fingerprint density at radius 1 is 1.32 bits per heavy atom. The summed E-state index contributed by atoms with van der Waals surface area (Å²) in [7, 11) is 0. The van der Waals surface area contributed by atoms with Gasteiger partial charge in [0, 0.05) is 51.5 Å². The Bertz CT molecular complexity index is 548. The van der Waals surface area contributed by atoms with E-state index >= 15 is 0 Å². The van der Waals surface area contributed by atoms with Crippen molar-refractivity contribution < 1.29 is 9.59 Å². The van der Waals surface area contributed by atoms with Gasteiger partial charge in [0.25, 0.3) is 0 Å². The molecular formula is C18H29N5O2. The van der Waals surface area contributed by atoms with Gasteiger partial charge in [-0.3, -0.25) is 14.6 Å². The van der Waals surface area contributed by atoms with E-state index in [0.717, 1.165) is 38.3 Å². The van der Waals surface area contributed by atoms with Gasteiger partial charge in [0.2, 0.25) is 11.8 Å². The first-order valence-corrected chi connectivity index (χ1v) is 9.22. The molecular weight excluding hydrogens is 318 g/mol. The van der Waals surface area contributed by atoms with E-state index in [1.807, 2.05) is 18.7 Å². The number of hydrogen-bond donors (Lipinski definition) is 1. The van der Waals surface area contributed by atoms with Crippen molar-refractivity contribution in [1.82, 2.24) is 20.2 Å². The van der Waals surface area contributed by atoms with Crippen LogP contribution in [-0.2, 0) is 9.59 Å². The second kappa shape index (κ2) is 9.96. The van der Waals surface area contributed by atoms with Gasteiger partial charge in [-0.15, -0.1) is 0 Å². The summed E-state index contributed by atoms with van der Waals surface area (Å²) in [5, 5.41) is 2.98. The fourth-order valence-electron chi connectivity index (χ4n) is 3.18. The number of amides is 2. The van der Waals surface area contributed by atoms with Crippen molar-refractivity contribution in [2.24, 2.45) is 5.92 Å². The van der Waals surface area contributed by atoms with Crippen molar-refractivity contribution in [3.63, 3.8) is 0 Å². The lowest BCUT2D eigenvalue weighted by atomic mass is 9.97. The summed E-state index contributed by atoms with van der Waals surface area (Å²) in [6.07, 6.45) is 8.08. The Labute approximate surface area is 149 Å². The highest BCUT2D eigenvalue weighted by Gasteiger charge is 2.26. The molecule has 0 aromatic carbocycles. The van der Waals surface area contributed by atoms with E-state index in [-0.39, 0.29) is 17.7 Å². The fraction of sp³-hybridized carbons (Fsp3) is 0.667. The highest BCUT2D eigenvalue weighted by Crippen LogP contribution is 2.20. The van der Waals surface area contributed by atoms with Crippen molar-refractivity contribution in [3.05, 3.63) is 18.6 Å². The maximum absolute atomic E-state index is 12.4. The predicted molar refractivity (Wildman–Crippen MR) is 97.1 cm³/mol. The molecule has 138 valence electrons. The normalized spacial score (nSPS) is 17.2. The fourth-order valence-corrected chi connectivity index (χ4v) is 3.18. The molecule has 2 amide bonds. The summed E-state index contributed by atoms with van der Waals surface area (Å²) in [6.45, 7) is 7.56. The third-order valence-corrected chi connectivity index (χ3v) is 4.65. The number of aromatic nitrogens is 2. The molecule has 0 aliphatic carbocycles. The van der Waals surface area contributed by atoms with Gasteiger partial charge in [0.05, 0.1) is 12.1 Å². The summed E-state index contributed by atoms with van der Waals surface area (Å²) in [4.78, 5) is 36.7. The highest BCUT2D eigenvalue weighted by atomic mass is 16.2. The van der Waals surface area contributed by atoms with Crippen LogP contribution >= 0.6 is 0 Å². The van der Waals surface area contributed by atoms with E-state index in [1.165, 1.54) is 0 Å². The minimum absolute atomic E-state index is 0.0331. The summed E-state index contributed by atoms with van der Waals surface area (Å²) < 4.78 is 0. The molecule has 1 N–H and O–H groups in total. The van der Waals surface area contributed by atoms with E-state index in [9.17, 15) is 9.59 Å². The zero-order chi connectivity index (χ0) is 18.1. The third-order valence-electron chi connectivity index (χ3n) is 4.65. The number of carbonyl (C=O) groups excluding carboxylic acids is 2. The Kier molecular flexibility index (Phi) is 7.63. The lowest BCUT2D eigenvalue weighted by molar-refractivity contribution is -0.131. The van der Waals surface area contributed by atoms with Gasteiger partial charge in [0.1, 0.15) is 5.82 Å². The minimum Gasteiger partial charge on any atom is -0.356 e. The van der Waals surface area contributed by atoms with Crippen LogP contribution in [0.15, 0.2) is 18.6 Å². The first kappa shape index (κ1) is 19.1. The molecule has 7 nitrogen and oxygen atoms in total. The van der Waals surface area contributed by atoms with Crippen LogP contribution < -0.4 is 10.2 Å². The molecule has 1 saturated heterocycles. The molecule has 2 heterocycles. The Morgan fingerprint density at radius 3 is 2.80 bits per heavy atom. The second-order valence-electron chi connectivity index (χ2n) is 6.31. The monoisotopic (exact) mass is 347 g/mol. The number of hydrogen-bond acceptors (Lipinski definition) is 5. The topological polar surface area (TPSA) is 78.4 Å². The lowest BCUT2D eigenvalue weighted by Gasteiger charge is -2.32. The van der Waals surface area contributed by atoms with E-state index in [0.29, 0.717) is 25.9 Å². The van der Waals surface area contributed by atoms with E-state index < -0.39 is 0 Å². The molecule has 1 aliphatic rings. The molecule has 1 unspecified atom stereocenters. The number of nitrogens with one attached hydrogen (secondary N) is 1. The van der Waals surface area contributed by atoms with Crippen LogP contribution in [-0.4, -0.2) is 59.4 Å². The average Bonchev–Trinajstić information content (AvgIpc) is 2.67. The van der Waals surface area contributed by atoms with Crippen LogP contribution in [0.4, 0.5) is 5.82 Å². The Balaban J connectivity index is 1.72. The molecule has 2 rings (SSSR count). The largest absolute Gasteiger partial charge is 0.356 e. The molecule has 1 atom stereocenters. The van der Waals surface area contributed by atoms with Crippen LogP contribution in [0.3, 0.4) is 0 Å². The van der Waals surface area contributed by atoms with Crippen molar-refractivity contribution in [1.29, 1.82) is 0 Å². The van der Waals surface area contributed by atoms with Gasteiger partial charge in [-0.2, -0.15) is 0 Å². The van der Waals surface area contributed by atoms with Gasteiger partial charge in [0.15, 0.2) is 0 Å². The van der Waals surface area contributed by atoms with Crippen LogP contribution in [0.5, 0.6) is 0 Å². The van der Waals surface area contributed by atoms with Gasteiger partial charge in [-0.05, 0) is 33.1 Å². The molecule has 1 aromatic rings. The molecule has 0 saturated carbocycles. The number of rotatable bonds is 8. The predicted octanol–water partition coefficient (Wildman–Crippen LogP) is 1.46. The summed E-state index contributed by atoms with van der Waals surface area (Å²) >= 11 is 0. The standard InChI is InChI=1S/C18H29N5O2/c1-3-22(4-2)17(24)8-5-9-21-18(25)15-7-6-12-23(14-15)16-13-19-10-11-20-16/h10-11,13,15H,3-9,12,14H2,1-2H3,(H,21,25). The van der Waals surface area contributed by atoms with E-state index in [2.05, 4.69) is 20.2 Å². The SMILES string of the molecule is CCN(CC)C(=O)CCCNC(=O)C1CCCN(c2cnccn2)C1. The summed E-state index contributed by atoms with van der Waals surface area (Å²) in [5.41, 5.74) is 0. The second-order valence-corrected chi connectivity index (χ2v) is 6.31. The van der Waals surface area contributed by atoms with Gasteiger partial charge >= 0.3 is 0 Å². The van der Waals surface area contributed by atoms with Gasteiger partial charge in [-0.25, -0.2) is 4.98 Å². The van der Waals surface area contributed by atoms with Crippen molar-refractivity contribution in [2.75, 3.05) is 37.6 Å². The number of carbonyl (C=O) groups is 2. The minimum atomic E-state index is -0.0331. The quantitative estimate of drug-likeness (QED) is 0.720. The van der Waals surface area contributed by atoms with Crippen LogP contribution in [0.25, 0.3) is 0 Å². The van der Waals surface area contributed by atoms with Crippen LogP contribution in [0.2, 0.25) is 0 Å².